The third kappa shape index (κ3) is 7.12. The van der Waals surface area contributed by atoms with E-state index in [1.165, 1.54) is 20.1 Å². The van der Waals surface area contributed by atoms with Crippen molar-refractivity contribution >= 4 is 22.8 Å². The van der Waals surface area contributed by atoms with Crippen LogP contribution in [0.5, 0.6) is 28.7 Å². The van der Waals surface area contributed by atoms with Crippen LogP contribution in [0.2, 0.25) is 0 Å². The Morgan fingerprint density at radius 1 is 0.827 bits per heavy atom. The highest BCUT2D eigenvalue weighted by molar-refractivity contribution is 5.96. The Bertz CT molecular complexity index is 2170. The van der Waals surface area contributed by atoms with E-state index in [0.717, 1.165) is 16.9 Å². The maximum absolute atomic E-state index is 14.2. The Hall–Kier alpha value is -5.97. The molecule has 4 aromatic carbocycles. The number of amides is 2. The van der Waals surface area contributed by atoms with Crippen molar-refractivity contribution in [2.24, 2.45) is 0 Å². The zero-order valence-corrected chi connectivity index (χ0v) is 30.1. The maximum atomic E-state index is 14.2. The summed E-state index contributed by atoms with van der Waals surface area (Å²) in [7, 11) is 7.84. The molecule has 2 amide bonds. The highest BCUT2D eigenvalue weighted by atomic mass is 16.5. The van der Waals surface area contributed by atoms with Crippen LogP contribution in [0.25, 0.3) is 33.4 Å². The molecule has 270 valence electrons. The zero-order chi connectivity index (χ0) is 36.9. The largest absolute Gasteiger partial charge is 0.497 e. The van der Waals surface area contributed by atoms with Crippen LogP contribution in [-0.4, -0.2) is 53.9 Å². The standard InChI is InChI=1S/C41H42N2O9/c1-23(44)43-33-16-11-26-19-35(49-4)40(50-5)41(51-6)37(26)30-20-31-32(22-36(46)42-18-17-24-7-12-27(47-2)13-8-24)38(25-9-14-28(48-3)15-10-25)52-39(31)34(45)21-29(30)33/h7-10,12-15,19-21,33H,11,16-18,22H2,1-6H3,(H,42,46)(H,43,44)/t33-/m0/s1. The van der Waals surface area contributed by atoms with Crippen LogP contribution in [0.1, 0.15) is 41.6 Å². The fourth-order valence-corrected chi connectivity index (χ4v) is 6.89. The van der Waals surface area contributed by atoms with E-state index in [1.54, 1.807) is 40.6 Å². The van der Waals surface area contributed by atoms with Gasteiger partial charge in [0.05, 0.1) is 48.0 Å². The van der Waals surface area contributed by atoms with E-state index in [0.29, 0.717) is 87.8 Å². The van der Waals surface area contributed by atoms with Crippen molar-refractivity contribution < 1.29 is 37.7 Å². The minimum atomic E-state index is -0.503. The normalized spacial score (nSPS) is 13.3. The summed E-state index contributed by atoms with van der Waals surface area (Å²) in [6, 6.07) is 19.7. The summed E-state index contributed by atoms with van der Waals surface area (Å²) in [5.41, 5.74) is 4.77. The Morgan fingerprint density at radius 3 is 2.12 bits per heavy atom. The number of carbonyl (C=O) groups excluding carboxylic acids is 2. The highest BCUT2D eigenvalue weighted by Gasteiger charge is 2.31. The first kappa shape index (κ1) is 35.8. The molecule has 1 aliphatic rings. The van der Waals surface area contributed by atoms with E-state index in [1.807, 2.05) is 48.5 Å². The molecule has 0 aliphatic heterocycles. The van der Waals surface area contributed by atoms with Gasteiger partial charge in [0.1, 0.15) is 17.3 Å². The van der Waals surface area contributed by atoms with Gasteiger partial charge in [-0.2, -0.15) is 0 Å². The average Bonchev–Trinajstić information content (AvgIpc) is 3.35. The second kappa shape index (κ2) is 15.5. The van der Waals surface area contributed by atoms with Gasteiger partial charge in [-0.3, -0.25) is 14.4 Å². The molecule has 11 nitrogen and oxygen atoms in total. The number of methoxy groups -OCH3 is 5. The number of ether oxygens (including phenoxy) is 5. The summed E-state index contributed by atoms with van der Waals surface area (Å²) < 4.78 is 34.5. The molecular weight excluding hydrogens is 664 g/mol. The number of aryl methyl sites for hydroxylation is 1. The van der Waals surface area contributed by atoms with Gasteiger partial charge in [0.2, 0.25) is 23.0 Å². The van der Waals surface area contributed by atoms with Crippen LogP contribution in [0.4, 0.5) is 0 Å². The Balaban J connectivity index is 1.54. The van der Waals surface area contributed by atoms with Gasteiger partial charge in [0, 0.05) is 35.5 Å². The molecule has 1 aromatic heterocycles. The summed E-state index contributed by atoms with van der Waals surface area (Å²) >= 11 is 0. The van der Waals surface area contributed by atoms with E-state index in [9.17, 15) is 14.4 Å². The Labute approximate surface area is 301 Å². The fourth-order valence-electron chi connectivity index (χ4n) is 6.89. The first-order chi connectivity index (χ1) is 25.2. The Kier molecular flexibility index (Phi) is 10.7. The van der Waals surface area contributed by atoms with Crippen molar-refractivity contribution in [3.05, 3.63) is 99.2 Å². The van der Waals surface area contributed by atoms with Gasteiger partial charge in [-0.15, -0.1) is 0 Å². The Morgan fingerprint density at radius 2 is 1.50 bits per heavy atom. The lowest BCUT2D eigenvalue weighted by Crippen LogP contribution is -2.27. The van der Waals surface area contributed by atoms with Crippen LogP contribution < -0.4 is 39.7 Å². The molecule has 5 aromatic rings. The third-order valence-corrected chi connectivity index (χ3v) is 9.38. The topological polar surface area (TPSA) is 135 Å². The van der Waals surface area contributed by atoms with Crippen LogP contribution in [0.15, 0.2) is 75.9 Å². The van der Waals surface area contributed by atoms with Gasteiger partial charge in [-0.25, -0.2) is 0 Å². The summed E-state index contributed by atoms with van der Waals surface area (Å²) in [6.45, 7) is 1.85. The molecule has 52 heavy (non-hydrogen) atoms. The molecule has 0 spiro atoms. The van der Waals surface area contributed by atoms with Crippen LogP contribution in [-0.2, 0) is 28.9 Å². The van der Waals surface area contributed by atoms with Crippen molar-refractivity contribution in [1.82, 2.24) is 10.6 Å². The predicted octanol–water partition coefficient (Wildman–Crippen LogP) is 6.19. The summed E-state index contributed by atoms with van der Waals surface area (Å²) in [6.07, 6.45) is 1.59. The van der Waals surface area contributed by atoms with Crippen molar-refractivity contribution in [2.75, 3.05) is 42.1 Å². The fraction of sp³-hybridized carbons (Fsp3) is 0.293. The van der Waals surface area contributed by atoms with Crippen molar-refractivity contribution in [3.8, 4) is 51.2 Å². The molecule has 0 radical (unpaired) electrons. The number of rotatable bonds is 12. The quantitative estimate of drug-likeness (QED) is 0.156. The molecule has 1 aliphatic carbocycles. The zero-order valence-electron chi connectivity index (χ0n) is 30.1. The number of furan rings is 1. The molecular formula is C41H42N2O9. The van der Waals surface area contributed by atoms with Crippen LogP contribution >= 0.6 is 0 Å². The van der Waals surface area contributed by atoms with Crippen molar-refractivity contribution in [1.29, 1.82) is 0 Å². The lowest BCUT2D eigenvalue weighted by molar-refractivity contribution is -0.121. The number of fused-ring (bicyclic) bond motifs is 4. The molecule has 0 saturated heterocycles. The molecule has 11 heteroatoms. The smallest absolute Gasteiger partial charge is 0.224 e. The average molecular weight is 707 g/mol. The first-order valence-corrected chi connectivity index (χ1v) is 17.0. The van der Waals surface area contributed by atoms with Gasteiger partial charge in [0.25, 0.3) is 0 Å². The van der Waals surface area contributed by atoms with E-state index in [-0.39, 0.29) is 23.8 Å². The highest BCUT2D eigenvalue weighted by Crippen LogP contribution is 2.51. The summed E-state index contributed by atoms with van der Waals surface area (Å²) in [5.74, 6) is 2.63. The number of carbonyl (C=O) groups is 2. The second-order valence-electron chi connectivity index (χ2n) is 12.5. The number of nitrogens with one attached hydrogen (secondary N) is 2. The maximum Gasteiger partial charge on any atom is 0.224 e. The third-order valence-electron chi connectivity index (χ3n) is 9.38. The molecule has 2 N–H and O–H groups in total. The minimum Gasteiger partial charge on any atom is -0.497 e. The minimum absolute atomic E-state index is 0.0692. The van der Waals surface area contributed by atoms with E-state index >= 15 is 0 Å². The monoisotopic (exact) mass is 706 g/mol. The summed E-state index contributed by atoms with van der Waals surface area (Å²) in [4.78, 5) is 40.4. The number of hydrogen-bond acceptors (Lipinski definition) is 9. The number of hydrogen-bond donors (Lipinski definition) is 2. The molecule has 0 saturated carbocycles. The lowest BCUT2D eigenvalue weighted by atomic mass is 9.94. The van der Waals surface area contributed by atoms with Crippen molar-refractivity contribution in [2.45, 2.75) is 38.6 Å². The van der Waals surface area contributed by atoms with Gasteiger partial charge in [0.15, 0.2) is 17.1 Å². The van der Waals surface area contributed by atoms with Crippen LogP contribution in [0.3, 0.4) is 0 Å². The molecule has 1 heterocycles. The molecule has 1 atom stereocenters. The van der Waals surface area contributed by atoms with Gasteiger partial charge in [-0.05, 0) is 96.1 Å². The molecule has 6 rings (SSSR count). The van der Waals surface area contributed by atoms with Crippen LogP contribution in [0, 0.1) is 0 Å². The van der Waals surface area contributed by atoms with E-state index < -0.39 is 11.5 Å². The first-order valence-electron chi connectivity index (χ1n) is 17.0. The van der Waals surface area contributed by atoms with Crippen molar-refractivity contribution in [3.63, 3.8) is 0 Å². The molecule has 0 fully saturated rings. The molecule has 0 bridgehead atoms. The van der Waals surface area contributed by atoms with Gasteiger partial charge < -0.3 is 38.7 Å². The van der Waals surface area contributed by atoms with Gasteiger partial charge >= 0.3 is 0 Å². The molecule has 0 unspecified atom stereocenters. The lowest BCUT2D eigenvalue weighted by Gasteiger charge is -2.20. The van der Waals surface area contributed by atoms with E-state index in [4.69, 9.17) is 28.1 Å². The van der Waals surface area contributed by atoms with E-state index in [2.05, 4.69) is 10.6 Å². The summed E-state index contributed by atoms with van der Waals surface area (Å²) in [5, 5.41) is 6.54. The number of benzene rings is 3. The second-order valence-corrected chi connectivity index (χ2v) is 12.5. The SMILES string of the molecule is COc1ccc(CCNC(=O)Cc2c(-c3ccc(OC)cc3)oc3c(=O)cc4c(cc23)-c2c(cc(OC)c(OC)c2OC)CC[C@@H]4NC(C)=O)cc1. The predicted molar refractivity (Wildman–Crippen MR) is 198 cm³/mol. The van der Waals surface area contributed by atoms with Gasteiger partial charge in [-0.1, -0.05) is 12.1 Å².